The molecule has 0 aliphatic heterocycles. The Morgan fingerprint density at radius 1 is 0.345 bits per heavy atom. The van der Waals surface area contributed by atoms with E-state index in [1.54, 1.807) is 0 Å². The van der Waals surface area contributed by atoms with Crippen LogP contribution in [0.3, 0.4) is 0 Å². The minimum Gasteiger partial charge on any atom is -0.462 e. The smallest absolute Gasteiger partial charge is 0.462 e. The molecule has 0 aromatic rings. The Morgan fingerprint density at radius 2 is 0.598 bits per heavy atom. The second-order valence-corrected chi connectivity index (χ2v) is 23.7. The van der Waals surface area contributed by atoms with Gasteiger partial charge in [0.15, 0.2) is 6.10 Å². The summed E-state index contributed by atoms with van der Waals surface area (Å²) in [6.07, 6.45) is 104. The number of phosphoric ester groups is 1. The van der Waals surface area contributed by atoms with E-state index in [2.05, 4.69) is 184 Å². The average Bonchev–Trinajstić information content (AvgIpc) is 3.66. The van der Waals surface area contributed by atoms with Crippen molar-refractivity contribution in [1.82, 2.24) is 0 Å². The number of carbonyl (C=O) groups is 2. The Hall–Kier alpha value is -4.63. The first-order chi connectivity index (χ1) is 42.8. The zero-order valence-electron chi connectivity index (χ0n) is 55.2. The third-order valence-electron chi connectivity index (χ3n) is 14.1. The van der Waals surface area contributed by atoms with Crippen molar-refractivity contribution in [1.29, 1.82) is 0 Å². The Bertz CT molecular complexity index is 2030. The van der Waals surface area contributed by atoms with E-state index in [-0.39, 0.29) is 32.6 Å². The maximum Gasteiger partial charge on any atom is 0.472 e. The Balaban J connectivity index is 3.98. The Morgan fingerprint density at radius 3 is 0.897 bits per heavy atom. The van der Waals surface area contributed by atoms with E-state index in [0.29, 0.717) is 6.42 Å². The molecular weight excluding hydrogens is 1100 g/mol. The standard InChI is InChI=1S/C77H126NO8P/c1-3-5-7-9-11-13-15-17-19-21-23-25-27-29-31-33-35-36-37-38-40-41-43-45-47-49-51-53-55-57-59-61-63-65-67-69-76(79)83-73-75(74-85-87(81,82)84-72-71-78)86-77(80)70-68-66-64-62-60-58-56-54-52-50-48-46-44-42-39-34-32-30-28-26-24-22-20-18-16-14-12-10-8-6-4-2/h5-8,11-14,17-20,23-26,29-32,39,42,46,48,52,54,58,60,75H,3-4,9-10,15-16,21-22,27-28,33-38,40-41,43-45,47,49-51,53,55-57,59,61-74,78H2,1-2H3,(H,81,82)/b7-5-,8-6-,13-11-,14-12-,19-17-,20-18-,25-23-,26-24-,31-29-,32-30-,42-39-,48-46-,54-52-,60-58-. The summed E-state index contributed by atoms with van der Waals surface area (Å²) in [6, 6.07) is 0. The van der Waals surface area contributed by atoms with Gasteiger partial charge in [0.25, 0.3) is 0 Å². The first-order valence-electron chi connectivity index (χ1n) is 34.6. The molecule has 2 atom stereocenters. The van der Waals surface area contributed by atoms with Crippen LogP contribution >= 0.6 is 7.82 Å². The Labute approximate surface area is 533 Å². The zero-order chi connectivity index (χ0) is 63.0. The van der Waals surface area contributed by atoms with Crippen LogP contribution < -0.4 is 5.73 Å². The van der Waals surface area contributed by atoms with E-state index in [1.165, 1.54) is 109 Å². The number of ether oxygens (including phenoxy) is 2. The number of hydrogen-bond donors (Lipinski definition) is 2. The van der Waals surface area contributed by atoms with Crippen molar-refractivity contribution < 1.29 is 37.6 Å². The molecule has 0 aromatic carbocycles. The highest BCUT2D eigenvalue weighted by Gasteiger charge is 2.26. The second-order valence-electron chi connectivity index (χ2n) is 22.3. The first-order valence-corrected chi connectivity index (χ1v) is 36.1. The monoisotopic (exact) mass is 1220 g/mol. The fourth-order valence-corrected chi connectivity index (χ4v) is 9.83. The summed E-state index contributed by atoms with van der Waals surface area (Å²) >= 11 is 0. The van der Waals surface area contributed by atoms with Crippen molar-refractivity contribution in [3.8, 4) is 0 Å². The van der Waals surface area contributed by atoms with Gasteiger partial charge in [0.2, 0.25) is 0 Å². The molecule has 0 heterocycles. The van der Waals surface area contributed by atoms with Crippen molar-refractivity contribution in [3.05, 3.63) is 170 Å². The van der Waals surface area contributed by atoms with E-state index in [1.807, 2.05) is 0 Å². The lowest BCUT2D eigenvalue weighted by molar-refractivity contribution is -0.161. The number of unbranched alkanes of at least 4 members (excludes halogenated alkanes) is 22. The molecule has 492 valence electrons. The summed E-state index contributed by atoms with van der Waals surface area (Å²) in [4.78, 5) is 35.3. The van der Waals surface area contributed by atoms with Gasteiger partial charge < -0.3 is 20.1 Å². The number of nitrogens with two attached hydrogens (primary N) is 1. The highest BCUT2D eigenvalue weighted by atomic mass is 31.2. The van der Waals surface area contributed by atoms with Crippen molar-refractivity contribution >= 4 is 19.8 Å². The van der Waals surface area contributed by atoms with Crippen LogP contribution in [0.2, 0.25) is 0 Å². The van der Waals surface area contributed by atoms with Gasteiger partial charge in [-0.2, -0.15) is 0 Å². The van der Waals surface area contributed by atoms with E-state index >= 15 is 0 Å². The van der Waals surface area contributed by atoms with Gasteiger partial charge in [-0.15, -0.1) is 0 Å². The fraction of sp³-hybridized carbons (Fsp3) is 0.610. The maximum absolute atomic E-state index is 12.7. The molecule has 2 unspecified atom stereocenters. The van der Waals surface area contributed by atoms with Crippen LogP contribution in [0.15, 0.2) is 170 Å². The summed E-state index contributed by atoms with van der Waals surface area (Å²) < 4.78 is 33.1. The quantitative estimate of drug-likeness (QED) is 0.0264. The van der Waals surface area contributed by atoms with Gasteiger partial charge in [-0.3, -0.25) is 18.6 Å². The molecule has 0 saturated heterocycles. The van der Waals surface area contributed by atoms with Crippen LogP contribution in [0.25, 0.3) is 0 Å². The van der Waals surface area contributed by atoms with Gasteiger partial charge in [-0.05, 0) is 128 Å². The van der Waals surface area contributed by atoms with Gasteiger partial charge in [0.05, 0.1) is 13.2 Å². The third kappa shape index (κ3) is 70.3. The van der Waals surface area contributed by atoms with Gasteiger partial charge >= 0.3 is 19.8 Å². The topological polar surface area (TPSA) is 134 Å². The predicted molar refractivity (Wildman–Crippen MR) is 376 cm³/mol. The lowest BCUT2D eigenvalue weighted by Gasteiger charge is -2.19. The highest BCUT2D eigenvalue weighted by Crippen LogP contribution is 2.43. The first kappa shape index (κ1) is 82.4. The highest BCUT2D eigenvalue weighted by molar-refractivity contribution is 7.47. The SMILES string of the molecule is CC/C=C\C/C=C\C/C=C\C/C=C\C/C=C\C/C=C\C/C=C\C/C=C\C/C=C\CCCCCC(=O)OC(COC(=O)CCCCCCCCCCCCCCCCCCCCC/C=C\C/C=C\C/C=C\C/C=C\C/C=C\CC)COP(=O)(O)OCCN. The van der Waals surface area contributed by atoms with E-state index in [4.69, 9.17) is 24.3 Å². The average molecular weight is 1220 g/mol. The van der Waals surface area contributed by atoms with E-state index in [0.717, 1.165) is 128 Å². The predicted octanol–water partition coefficient (Wildman–Crippen LogP) is 23.0. The van der Waals surface area contributed by atoms with Gasteiger partial charge in [0, 0.05) is 19.4 Å². The normalized spacial score (nSPS) is 14.0. The van der Waals surface area contributed by atoms with Crippen LogP contribution in [0.5, 0.6) is 0 Å². The molecule has 0 radical (unpaired) electrons. The van der Waals surface area contributed by atoms with E-state index < -0.39 is 32.5 Å². The largest absolute Gasteiger partial charge is 0.472 e. The van der Waals surface area contributed by atoms with Crippen LogP contribution in [0.4, 0.5) is 0 Å². The summed E-state index contributed by atoms with van der Waals surface area (Å²) in [5.41, 5.74) is 5.40. The van der Waals surface area contributed by atoms with Crippen LogP contribution in [0.1, 0.15) is 271 Å². The molecular formula is C77H126NO8P. The molecule has 0 fully saturated rings. The molecule has 0 aliphatic rings. The summed E-state index contributed by atoms with van der Waals surface area (Å²) in [7, 11) is -4.41. The summed E-state index contributed by atoms with van der Waals surface area (Å²) in [6.45, 7) is 3.48. The fourth-order valence-electron chi connectivity index (χ4n) is 9.07. The van der Waals surface area contributed by atoms with Crippen LogP contribution in [0, 0.1) is 0 Å². The van der Waals surface area contributed by atoms with Gasteiger partial charge in [-0.1, -0.05) is 300 Å². The molecule has 10 heteroatoms. The van der Waals surface area contributed by atoms with Crippen LogP contribution in [-0.4, -0.2) is 49.3 Å². The molecule has 0 aliphatic carbocycles. The third-order valence-corrected chi connectivity index (χ3v) is 15.1. The number of carbonyl (C=O) groups excluding carboxylic acids is 2. The molecule has 0 rings (SSSR count). The second kappa shape index (κ2) is 70.5. The lowest BCUT2D eigenvalue weighted by atomic mass is 10.0. The minimum atomic E-state index is -4.41. The Kier molecular flexibility index (Phi) is 66.7. The minimum absolute atomic E-state index is 0.0398. The van der Waals surface area contributed by atoms with Crippen LogP contribution in [-0.2, 0) is 32.7 Å². The molecule has 0 amide bonds. The molecule has 87 heavy (non-hydrogen) atoms. The lowest BCUT2D eigenvalue weighted by Crippen LogP contribution is -2.29. The number of hydrogen-bond acceptors (Lipinski definition) is 8. The number of allylic oxidation sites excluding steroid dienone is 28. The van der Waals surface area contributed by atoms with E-state index in [9.17, 15) is 19.0 Å². The van der Waals surface area contributed by atoms with Crippen molar-refractivity contribution in [2.75, 3.05) is 26.4 Å². The molecule has 0 saturated carbocycles. The molecule has 0 aromatic heterocycles. The molecule has 0 bridgehead atoms. The van der Waals surface area contributed by atoms with Crippen molar-refractivity contribution in [3.63, 3.8) is 0 Å². The molecule has 0 spiro atoms. The number of rotatable bonds is 63. The van der Waals surface area contributed by atoms with Crippen molar-refractivity contribution in [2.45, 2.75) is 277 Å². The molecule has 3 N–H and O–H groups in total. The summed E-state index contributed by atoms with van der Waals surface area (Å²) in [5, 5.41) is 0. The maximum atomic E-state index is 12.7. The number of phosphoric acid groups is 1. The van der Waals surface area contributed by atoms with Gasteiger partial charge in [0.1, 0.15) is 6.61 Å². The summed E-state index contributed by atoms with van der Waals surface area (Å²) in [5.74, 6) is -0.871. The van der Waals surface area contributed by atoms with Gasteiger partial charge in [-0.25, -0.2) is 4.57 Å². The number of esters is 2. The zero-order valence-corrected chi connectivity index (χ0v) is 56.1. The van der Waals surface area contributed by atoms with Crippen molar-refractivity contribution in [2.24, 2.45) is 5.73 Å². The molecule has 9 nitrogen and oxygen atoms in total.